The Morgan fingerprint density at radius 1 is 1.23 bits per heavy atom. The molecular weight excluding hydrogens is 390 g/mol. The largest absolute Gasteiger partial charge is 0.383 e. The number of hydrogen-bond donors (Lipinski definition) is 2. The Labute approximate surface area is 173 Å². The molecule has 8 nitrogen and oxygen atoms in total. The molecule has 0 aromatic heterocycles. The molecule has 0 saturated carbocycles. The molecule has 0 bridgehead atoms. The molecule has 2 heterocycles. The highest BCUT2D eigenvalue weighted by Crippen LogP contribution is 2.53. The molecule has 2 spiro atoms. The minimum absolute atomic E-state index is 0.175. The van der Waals surface area contributed by atoms with E-state index in [0.717, 1.165) is 7.11 Å². The summed E-state index contributed by atoms with van der Waals surface area (Å²) in [5.41, 5.74) is -6.07. The molecule has 2 fully saturated rings. The Balaban J connectivity index is 1.82. The summed E-state index contributed by atoms with van der Waals surface area (Å²) in [6.07, 6.45) is 1.50. The van der Waals surface area contributed by atoms with Gasteiger partial charge < -0.3 is 19.9 Å². The first-order valence-corrected chi connectivity index (χ1v) is 9.85. The number of ketones is 3. The zero-order valence-electron chi connectivity index (χ0n) is 16.9. The Morgan fingerprint density at radius 2 is 1.90 bits per heavy atom. The van der Waals surface area contributed by atoms with Crippen LogP contribution < -0.4 is 5.32 Å². The average Bonchev–Trinajstić information content (AvgIpc) is 3.29. The normalized spacial score (nSPS) is 40.0. The van der Waals surface area contributed by atoms with Crippen LogP contribution in [0.4, 0.5) is 0 Å². The maximum absolute atomic E-state index is 13.4. The predicted molar refractivity (Wildman–Crippen MR) is 103 cm³/mol. The number of aliphatic hydroxyl groups excluding tert-OH is 1. The van der Waals surface area contributed by atoms with Crippen molar-refractivity contribution in [2.45, 2.75) is 43.3 Å². The van der Waals surface area contributed by atoms with Crippen molar-refractivity contribution < 1.29 is 33.8 Å². The van der Waals surface area contributed by atoms with E-state index in [9.17, 15) is 24.3 Å². The summed E-state index contributed by atoms with van der Waals surface area (Å²) in [6.45, 7) is 3.35. The number of rotatable bonds is 4. The molecule has 0 radical (unpaired) electrons. The Bertz CT molecular complexity index is 973. The maximum atomic E-state index is 13.4. The molecule has 1 aliphatic carbocycles. The van der Waals surface area contributed by atoms with Gasteiger partial charge in [0.1, 0.15) is 5.60 Å². The Morgan fingerprint density at radius 3 is 2.50 bits per heavy atom. The topological polar surface area (TPSA) is 119 Å². The van der Waals surface area contributed by atoms with Crippen LogP contribution in [0, 0.1) is 11.8 Å². The molecule has 2 aliphatic heterocycles. The fourth-order valence-electron chi connectivity index (χ4n) is 5.01. The molecule has 1 aromatic rings. The van der Waals surface area contributed by atoms with Crippen LogP contribution in [-0.2, 0) is 23.9 Å². The summed E-state index contributed by atoms with van der Waals surface area (Å²) in [5.74, 6) is -4.34. The smallest absolute Gasteiger partial charge is 0.265 e. The van der Waals surface area contributed by atoms with Crippen LogP contribution in [-0.4, -0.2) is 58.5 Å². The van der Waals surface area contributed by atoms with Crippen molar-refractivity contribution in [1.29, 1.82) is 0 Å². The average molecular weight is 413 g/mol. The van der Waals surface area contributed by atoms with Crippen LogP contribution in [0.25, 0.3) is 0 Å². The predicted octanol–water partition coefficient (Wildman–Crippen LogP) is 0.581. The number of aliphatic hydroxyl groups is 1. The van der Waals surface area contributed by atoms with Crippen molar-refractivity contribution >= 4 is 23.3 Å². The SMILES string of the molecule is CC[C@@H]1C=CC(=O)[C@@]12O[C@@]1(C(=O)N[C@@](OC)(C(=O)c3ccccc3)[C@H]1O)C(=O)[C@@H]2C. The van der Waals surface area contributed by atoms with E-state index in [0.29, 0.717) is 6.42 Å². The van der Waals surface area contributed by atoms with Crippen molar-refractivity contribution in [3.63, 3.8) is 0 Å². The van der Waals surface area contributed by atoms with Crippen molar-refractivity contribution in [1.82, 2.24) is 5.32 Å². The van der Waals surface area contributed by atoms with Crippen LogP contribution in [0.3, 0.4) is 0 Å². The summed E-state index contributed by atoms with van der Waals surface area (Å²) >= 11 is 0. The number of nitrogens with one attached hydrogen (secondary N) is 1. The number of carbonyl (C=O) groups excluding carboxylic acids is 4. The number of methoxy groups -OCH3 is 1. The second-order valence-corrected chi connectivity index (χ2v) is 7.95. The number of ether oxygens (including phenoxy) is 2. The molecular formula is C22H23NO7. The number of hydrogen-bond acceptors (Lipinski definition) is 7. The summed E-state index contributed by atoms with van der Waals surface area (Å²) in [6, 6.07) is 7.97. The number of carbonyl (C=O) groups is 4. The molecule has 0 unspecified atom stereocenters. The lowest BCUT2D eigenvalue weighted by molar-refractivity contribution is -0.189. The van der Waals surface area contributed by atoms with Gasteiger partial charge in [0.15, 0.2) is 17.7 Å². The molecule has 4 rings (SSSR count). The van der Waals surface area contributed by atoms with Gasteiger partial charge in [0.25, 0.3) is 5.91 Å². The van der Waals surface area contributed by atoms with Gasteiger partial charge in [-0.15, -0.1) is 0 Å². The second kappa shape index (κ2) is 6.66. The van der Waals surface area contributed by atoms with Gasteiger partial charge in [-0.05, 0) is 12.5 Å². The number of amides is 1. The fourth-order valence-corrected chi connectivity index (χ4v) is 5.01. The zero-order chi connectivity index (χ0) is 21.9. The standard InChI is InChI=1S/C22H23NO7/c1-4-14-10-11-15(24)20(14)12(2)16(25)21(30-20)18(27)22(29-3,23-19(21)28)17(26)13-8-6-5-7-9-13/h5-12,14,18,27H,4H2,1-3H3,(H,23,28)/t12-,14+,18-,20-,21-,22+/m0/s1. The van der Waals surface area contributed by atoms with Gasteiger partial charge in [0.2, 0.25) is 17.1 Å². The lowest BCUT2D eigenvalue weighted by Crippen LogP contribution is -2.61. The van der Waals surface area contributed by atoms with Crippen LogP contribution in [0.2, 0.25) is 0 Å². The third-order valence-corrected chi connectivity index (χ3v) is 6.69. The highest BCUT2D eigenvalue weighted by atomic mass is 16.6. The van der Waals surface area contributed by atoms with Crippen LogP contribution in [0.5, 0.6) is 0 Å². The number of Topliss-reactive ketones (excluding diaryl/α,β-unsaturated/α-hetero) is 2. The van der Waals surface area contributed by atoms with E-state index in [1.54, 1.807) is 24.3 Å². The van der Waals surface area contributed by atoms with Crippen molar-refractivity contribution in [2.75, 3.05) is 7.11 Å². The third-order valence-electron chi connectivity index (χ3n) is 6.69. The van der Waals surface area contributed by atoms with E-state index < -0.39 is 58.1 Å². The fraction of sp³-hybridized carbons (Fsp3) is 0.455. The summed E-state index contributed by atoms with van der Waals surface area (Å²) < 4.78 is 11.3. The third kappa shape index (κ3) is 2.21. The van der Waals surface area contributed by atoms with Crippen molar-refractivity contribution in [2.24, 2.45) is 11.8 Å². The summed E-state index contributed by atoms with van der Waals surface area (Å²) in [5, 5.41) is 13.6. The molecule has 1 aromatic carbocycles. The Hall–Kier alpha value is -2.68. The van der Waals surface area contributed by atoms with Gasteiger partial charge in [0, 0.05) is 18.6 Å². The zero-order valence-corrected chi connectivity index (χ0v) is 16.9. The first kappa shape index (κ1) is 20.6. The molecule has 6 atom stereocenters. The molecule has 2 saturated heterocycles. The first-order chi connectivity index (χ1) is 14.2. The van der Waals surface area contributed by atoms with Gasteiger partial charge in [-0.3, -0.25) is 19.2 Å². The highest BCUT2D eigenvalue weighted by Gasteiger charge is 2.79. The quantitative estimate of drug-likeness (QED) is 0.547. The Kier molecular flexibility index (Phi) is 4.57. The van der Waals surface area contributed by atoms with E-state index >= 15 is 0 Å². The van der Waals surface area contributed by atoms with Gasteiger partial charge in [-0.25, -0.2) is 0 Å². The lowest BCUT2D eigenvalue weighted by atomic mass is 9.75. The second-order valence-electron chi connectivity index (χ2n) is 7.95. The van der Waals surface area contributed by atoms with E-state index in [1.807, 2.05) is 6.92 Å². The molecule has 158 valence electrons. The molecule has 3 aliphatic rings. The maximum Gasteiger partial charge on any atom is 0.265 e. The van der Waals surface area contributed by atoms with Crippen LogP contribution in [0.1, 0.15) is 30.6 Å². The molecule has 1 amide bonds. The van der Waals surface area contributed by atoms with Crippen molar-refractivity contribution in [3.8, 4) is 0 Å². The first-order valence-electron chi connectivity index (χ1n) is 9.85. The minimum atomic E-state index is -2.42. The van der Waals surface area contributed by atoms with Crippen molar-refractivity contribution in [3.05, 3.63) is 48.0 Å². The summed E-state index contributed by atoms with van der Waals surface area (Å²) in [7, 11) is 1.15. The monoisotopic (exact) mass is 413 g/mol. The molecule has 2 N–H and O–H groups in total. The minimum Gasteiger partial charge on any atom is -0.383 e. The van der Waals surface area contributed by atoms with Crippen LogP contribution >= 0.6 is 0 Å². The van der Waals surface area contributed by atoms with E-state index in [2.05, 4.69) is 5.32 Å². The van der Waals surface area contributed by atoms with E-state index in [-0.39, 0.29) is 5.56 Å². The van der Waals surface area contributed by atoms with E-state index in [1.165, 1.54) is 25.1 Å². The highest BCUT2D eigenvalue weighted by molar-refractivity contribution is 6.21. The molecule has 30 heavy (non-hydrogen) atoms. The summed E-state index contributed by atoms with van der Waals surface area (Å²) in [4.78, 5) is 52.5. The van der Waals surface area contributed by atoms with Crippen LogP contribution in [0.15, 0.2) is 42.5 Å². The van der Waals surface area contributed by atoms with Gasteiger partial charge in [-0.1, -0.05) is 50.3 Å². The van der Waals surface area contributed by atoms with Gasteiger partial charge >= 0.3 is 0 Å². The molecule has 8 heteroatoms. The van der Waals surface area contributed by atoms with E-state index in [4.69, 9.17) is 9.47 Å². The number of benzene rings is 1. The lowest BCUT2D eigenvalue weighted by Gasteiger charge is -2.35. The van der Waals surface area contributed by atoms with Gasteiger partial charge in [-0.2, -0.15) is 0 Å². The van der Waals surface area contributed by atoms with Gasteiger partial charge in [0.05, 0.1) is 5.92 Å².